The van der Waals surface area contributed by atoms with Crippen LogP contribution < -0.4 is 5.32 Å². The van der Waals surface area contributed by atoms with E-state index in [0.717, 1.165) is 31.0 Å². The normalized spacial score (nSPS) is 15.6. The zero-order chi connectivity index (χ0) is 19.4. The second-order valence-electron chi connectivity index (χ2n) is 7.58. The summed E-state index contributed by atoms with van der Waals surface area (Å²) in [6.45, 7) is 9.22. The van der Waals surface area contributed by atoms with Crippen LogP contribution in [0.2, 0.25) is 0 Å². The van der Waals surface area contributed by atoms with Gasteiger partial charge in [-0.1, -0.05) is 38.1 Å². The molecule has 6 nitrogen and oxygen atoms in total. The van der Waals surface area contributed by atoms with Crippen molar-refractivity contribution < 1.29 is 13.9 Å². The van der Waals surface area contributed by atoms with Crippen molar-refractivity contribution in [1.82, 2.24) is 15.2 Å². The molecule has 0 radical (unpaired) electrons. The molecule has 6 heteroatoms. The van der Waals surface area contributed by atoms with Gasteiger partial charge in [0.1, 0.15) is 5.76 Å². The molecule has 27 heavy (non-hydrogen) atoms. The third-order valence-corrected chi connectivity index (χ3v) is 4.85. The van der Waals surface area contributed by atoms with Gasteiger partial charge in [0.15, 0.2) is 0 Å². The van der Waals surface area contributed by atoms with Crippen molar-refractivity contribution in [1.29, 1.82) is 0 Å². The highest BCUT2D eigenvalue weighted by atomic mass is 16.5. The lowest BCUT2D eigenvalue weighted by Crippen LogP contribution is -2.35. The molecule has 1 N–H and O–H groups in total. The van der Waals surface area contributed by atoms with Crippen molar-refractivity contribution >= 4 is 5.91 Å². The molecule has 0 unspecified atom stereocenters. The molecule has 2 aromatic rings. The van der Waals surface area contributed by atoms with Crippen molar-refractivity contribution in [2.24, 2.45) is 0 Å². The molecular formula is C21H29N3O3. The fourth-order valence-electron chi connectivity index (χ4n) is 3.33. The molecule has 1 aromatic carbocycles. The third kappa shape index (κ3) is 4.96. The Hall–Kier alpha value is -2.18. The minimum absolute atomic E-state index is 0.0864. The van der Waals surface area contributed by atoms with Gasteiger partial charge in [-0.15, -0.1) is 0 Å². The van der Waals surface area contributed by atoms with E-state index in [1.807, 2.05) is 6.92 Å². The van der Waals surface area contributed by atoms with Gasteiger partial charge in [0.25, 0.3) is 5.89 Å². The number of hydrogen-bond acceptors (Lipinski definition) is 5. The maximum absolute atomic E-state index is 12.3. The fourth-order valence-corrected chi connectivity index (χ4v) is 3.33. The van der Waals surface area contributed by atoms with Gasteiger partial charge in [-0.25, -0.2) is 4.98 Å². The van der Waals surface area contributed by atoms with E-state index < -0.39 is 0 Å². The molecule has 1 aromatic heterocycles. The summed E-state index contributed by atoms with van der Waals surface area (Å²) >= 11 is 0. The van der Waals surface area contributed by atoms with Crippen LogP contribution >= 0.6 is 0 Å². The Kier molecular flexibility index (Phi) is 6.29. The van der Waals surface area contributed by atoms with E-state index in [0.29, 0.717) is 19.1 Å². The first-order chi connectivity index (χ1) is 13.0. The van der Waals surface area contributed by atoms with Crippen LogP contribution in [-0.4, -0.2) is 42.1 Å². The smallest absolute Gasteiger partial charge is 0.307 e. The highest BCUT2D eigenvalue weighted by Gasteiger charge is 2.25. The molecule has 0 fully saturated rings. The second-order valence-corrected chi connectivity index (χ2v) is 7.58. The van der Waals surface area contributed by atoms with Crippen molar-refractivity contribution in [3.63, 3.8) is 0 Å². The van der Waals surface area contributed by atoms with E-state index in [4.69, 9.17) is 9.15 Å². The van der Waals surface area contributed by atoms with Gasteiger partial charge in [-0.05, 0) is 24.0 Å². The predicted octanol–water partition coefficient (Wildman–Crippen LogP) is 3.12. The lowest BCUT2D eigenvalue weighted by molar-refractivity contribution is 0.0869. The monoisotopic (exact) mass is 371 g/mol. The fraction of sp³-hybridized carbons (Fsp3) is 0.524. The number of nitrogens with zero attached hydrogens (tertiary/aromatic N) is 2. The number of fused-ring (bicyclic) bond motifs is 1. The van der Waals surface area contributed by atoms with Crippen LogP contribution in [0.4, 0.5) is 0 Å². The molecule has 0 spiro atoms. The summed E-state index contributed by atoms with van der Waals surface area (Å²) in [5.41, 5.74) is 3.51. The van der Waals surface area contributed by atoms with E-state index in [2.05, 4.69) is 53.3 Å². The second kappa shape index (κ2) is 8.67. The molecule has 1 aliphatic heterocycles. The van der Waals surface area contributed by atoms with Crippen molar-refractivity contribution in [3.8, 4) is 0 Å². The highest BCUT2D eigenvalue weighted by molar-refractivity contribution is 5.89. The molecule has 1 atom stereocenters. The molecule has 2 heterocycles. The average molecular weight is 371 g/mol. The maximum Gasteiger partial charge on any atom is 0.307 e. The number of rotatable bonds is 7. The van der Waals surface area contributed by atoms with Gasteiger partial charge in [0.2, 0.25) is 0 Å². The SMILES string of the molecule is COC[C@@H](C)NC(=O)c1nc2c(o1)CCN(Cc1ccc(C(C)C)cc1)C2. The summed E-state index contributed by atoms with van der Waals surface area (Å²) in [6.07, 6.45) is 0.771. The van der Waals surface area contributed by atoms with Crippen molar-refractivity contribution in [2.75, 3.05) is 20.3 Å². The zero-order valence-corrected chi connectivity index (χ0v) is 16.6. The average Bonchev–Trinajstić information content (AvgIpc) is 3.06. The molecule has 0 aliphatic carbocycles. The van der Waals surface area contributed by atoms with Gasteiger partial charge in [-0.3, -0.25) is 9.69 Å². The Balaban J connectivity index is 1.61. The van der Waals surface area contributed by atoms with Crippen molar-refractivity contribution in [2.45, 2.75) is 52.2 Å². The standard InChI is InChI=1S/C21H29N3O3/c1-14(2)17-7-5-16(6-8-17)11-24-10-9-19-18(12-24)23-21(27-19)20(25)22-15(3)13-26-4/h5-8,14-15H,9-13H2,1-4H3,(H,22,25)/t15-/m1/s1. The molecule has 0 saturated carbocycles. The van der Waals surface area contributed by atoms with Crippen LogP contribution in [-0.2, 0) is 24.2 Å². The molecule has 0 bridgehead atoms. The molecule has 3 rings (SSSR count). The Morgan fingerprint density at radius 3 is 2.70 bits per heavy atom. The minimum Gasteiger partial charge on any atom is -0.437 e. The largest absolute Gasteiger partial charge is 0.437 e. The Bertz CT molecular complexity index is 767. The number of nitrogens with one attached hydrogen (secondary N) is 1. The number of hydrogen-bond donors (Lipinski definition) is 1. The quantitative estimate of drug-likeness (QED) is 0.810. The number of benzene rings is 1. The Morgan fingerprint density at radius 1 is 1.30 bits per heavy atom. The van der Waals surface area contributed by atoms with Crippen LogP contribution in [0.5, 0.6) is 0 Å². The minimum atomic E-state index is -0.287. The molecular weight excluding hydrogens is 342 g/mol. The molecule has 1 aliphatic rings. The van der Waals surface area contributed by atoms with Gasteiger partial charge >= 0.3 is 5.91 Å². The van der Waals surface area contributed by atoms with Crippen LogP contribution in [0.15, 0.2) is 28.7 Å². The topological polar surface area (TPSA) is 67.6 Å². The number of methoxy groups -OCH3 is 1. The lowest BCUT2D eigenvalue weighted by atomic mass is 10.0. The van der Waals surface area contributed by atoms with E-state index >= 15 is 0 Å². The van der Waals surface area contributed by atoms with E-state index in [9.17, 15) is 4.79 Å². The number of amides is 1. The first-order valence-electron chi connectivity index (χ1n) is 9.55. The van der Waals surface area contributed by atoms with E-state index in [-0.39, 0.29) is 17.8 Å². The van der Waals surface area contributed by atoms with Crippen molar-refractivity contribution in [3.05, 3.63) is 52.7 Å². The van der Waals surface area contributed by atoms with E-state index in [1.165, 1.54) is 11.1 Å². The number of carbonyl (C=O) groups is 1. The first-order valence-corrected chi connectivity index (χ1v) is 9.55. The van der Waals surface area contributed by atoms with E-state index in [1.54, 1.807) is 7.11 Å². The number of oxazole rings is 1. The summed E-state index contributed by atoms with van der Waals surface area (Å²) in [6, 6.07) is 8.72. The number of aromatic nitrogens is 1. The zero-order valence-electron chi connectivity index (χ0n) is 16.6. The number of ether oxygens (including phenoxy) is 1. The Labute approximate surface area is 160 Å². The first kappa shape index (κ1) is 19.6. The molecule has 0 saturated heterocycles. The highest BCUT2D eigenvalue weighted by Crippen LogP contribution is 2.22. The number of carbonyl (C=O) groups excluding carboxylic acids is 1. The maximum atomic E-state index is 12.3. The Morgan fingerprint density at radius 2 is 2.04 bits per heavy atom. The van der Waals surface area contributed by atoms with Crippen LogP contribution in [0.25, 0.3) is 0 Å². The predicted molar refractivity (Wildman–Crippen MR) is 104 cm³/mol. The van der Waals surface area contributed by atoms with Crippen LogP contribution in [0.3, 0.4) is 0 Å². The summed E-state index contributed by atoms with van der Waals surface area (Å²) in [7, 11) is 1.61. The summed E-state index contributed by atoms with van der Waals surface area (Å²) in [4.78, 5) is 19.0. The summed E-state index contributed by atoms with van der Waals surface area (Å²) in [5, 5.41) is 2.84. The molecule has 1 amide bonds. The molecule has 146 valence electrons. The third-order valence-electron chi connectivity index (χ3n) is 4.85. The summed E-state index contributed by atoms with van der Waals surface area (Å²) < 4.78 is 10.7. The lowest BCUT2D eigenvalue weighted by Gasteiger charge is -2.25. The van der Waals surface area contributed by atoms with Gasteiger partial charge < -0.3 is 14.5 Å². The van der Waals surface area contributed by atoms with Gasteiger partial charge in [0, 0.05) is 39.2 Å². The van der Waals surface area contributed by atoms with Gasteiger partial charge in [-0.2, -0.15) is 0 Å². The van der Waals surface area contributed by atoms with Crippen LogP contribution in [0.1, 0.15) is 60.0 Å². The van der Waals surface area contributed by atoms with Gasteiger partial charge in [0.05, 0.1) is 12.3 Å². The van der Waals surface area contributed by atoms with Crippen LogP contribution in [0, 0.1) is 0 Å². The summed E-state index contributed by atoms with van der Waals surface area (Å²) in [5.74, 6) is 1.23.